The predicted molar refractivity (Wildman–Crippen MR) is 110 cm³/mol. The van der Waals surface area contributed by atoms with E-state index in [9.17, 15) is 9.90 Å². The number of aromatic nitrogens is 1. The first-order valence-electron chi connectivity index (χ1n) is 9.83. The van der Waals surface area contributed by atoms with Gasteiger partial charge in [-0.1, -0.05) is 54.6 Å². The van der Waals surface area contributed by atoms with Crippen molar-refractivity contribution in [2.24, 2.45) is 5.92 Å². The fraction of sp³-hybridized carbons (Fsp3) is 0.571. The highest BCUT2D eigenvalue weighted by molar-refractivity contribution is 9.10. The van der Waals surface area contributed by atoms with E-state index < -0.39 is 0 Å². The second-order valence-electron chi connectivity index (χ2n) is 7.44. The van der Waals surface area contributed by atoms with Gasteiger partial charge >= 0.3 is 0 Å². The van der Waals surface area contributed by atoms with E-state index in [-0.39, 0.29) is 18.6 Å². The number of benzene rings is 1. The second-order valence-corrected chi connectivity index (χ2v) is 8.29. The first kappa shape index (κ1) is 19.4. The number of carbonyl (C=O) groups excluding carboxylic acids is 1. The number of nitrogens with zero attached hydrogens (tertiary/aromatic N) is 1. The Hall–Kier alpha value is -1.33. The number of anilines is 1. The van der Waals surface area contributed by atoms with Crippen molar-refractivity contribution < 1.29 is 9.90 Å². The van der Waals surface area contributed by atoms with E-state index in [0.717, 1.165) is 27.5 Å². The molecule has 2 aromatic rings. The van der Waals surface area contributed by atoms with Crippen molar-refractivity contribution in [3.8, 4) is 0 Å². The van der Waals surface area contributed by atoms with Gasteiger partial charge in [-0.25, -0.2) is 0 Å². The van der Waals surface area contributed by atoms with Gasteiger partial charge in [-0.15, -0.1) is 0 Å². The molecule has 0 radical (unpaired) electrons. The molecule has 2 N–H and O–H groups in total. The molecule has 1 aliphatic rings. The Balaban J connectivity index is 1.83. The van der Waals surface area contributed by atoms with Gasteiger partial charge in [0, 0.05) is 22.5 Å². The van der Waals surface area contributed by atoms with E-state index in [0.29, 0.717) is 12.3 Å². The molecule has 1 saturated carbocycles. The Kier molecular flexibility index (Phi) is 6.76. The number of carbonyl (C=O) groups is 1. The lowest BCUT2D eigenvalue weighted by atomic mass is 9.96. The van der Waals surface area contributed by atoms with Gasteiger partial charge in [-0.2, -0.15) is 0 Å². The lowest BCUT2D eigenvalue weighted by molar-refractivity contribution is -0.117. The number of aliphatic hydroxyl groups excluding tert-OH is 1. The summed E-state index contributed by atoms with van der Waals surface area (Å²) in [4.78, 5) is 12.7. The minimum absolute atomic E-state index is 0.0132. The van der Waals surface area contributed by atoms with Gasteiger partial charge in [-0.3, -0.25) is 4.79 Å². The fourth-order valence-corrected chi connectivity index (χ4v) is 4.68. The molecule has 1 aliphatic carbocycles. The number of aliphatic hydroxyl groups is 1. The summed E-state index contributed by atoms with van der Waals surface area (Å²) in [7, 11) is 0. The molecular weight excluding hydrogens is 392 g/mol. The maximum Gasteiger partial charge on any atom is 0.224 e. The van der Waals surface area contributed by atoms with Crippen LogP contribution in [0.2, 0.25) is 0 Å². The SMILES string of the molecule is CCC(CO)n1cc(NC(=O)CC2CCCCCC2)c2c(Br)cccc21. The lowest BCUT2D eigenvalue weighted by Crippen LogP contribution is -2.16. The smallest absolute Gasteiger partial charge is 0.224 e. The third-order valence-electron chi connectivity index (χ3n) is 5.61. The van der Waals surface area contributed by atoms with Gasteiger partial charge in [0.05, 0.1) is 23.9 Å². The van der Waals surface area contributed by atoms with Gasteiger partial charge < -0.3 is 15.0 Å². The van der Waals surface area contributed by atoms with Crippen LogP contribution in [0.1, 0.15) is 64.3 Å². The molecule has 1 heterocycles. The molecule has 142 valence electrons. The van der Waals surface area contributed by atoms with Crippen molar-refractivity contribution >= 4 is 38.4 Å². The van der Waals surface area contributed by atoms with Crippen LogP contribution in [0.25, 0.3) is 10.9 Å². The number of rotatable bonds is 6. The monoisotopic (exact) mass is 420 g/mol. The summed E-state index contributed by atoms with van der Waals surface area (Å²) < 4.78 is 3.05. The van der Waals surface area contributed by atoms with Crippen LogP contribution in [-0.2, 0) is 4.79 Å². The highest BCUT2D eigenvalue weighted by atomic mass is 79.9. The molecule has 1 unspecified atom stereocenters. The van der Waals surface area contributed by atoms with Crippen molar-refractivity contribution in [3.05, 3.63) is 28.9 Å². The van der Waals surface area contributed by atoms with Gasteiger partial charge in [0.2, 0.25) is 5.91 Å². The Bertz CT molecular complexity index is 744. The lowest BCUT2D eigenvalue weighted by Gasteiger charge is -2.15. The molecule has 26 heavy (non-hydrogen) atoms. The van der Waals surface area contributed by atoms with E-state index in [1.165, 1.54) is 38.5 Å². The molecule has 1 amide bonds. The molecule has 1 fully saturated rings. The highest BCUT2D eigenvalue weighted by Gasteiger charge is 2.20. The zero-order chi connectivity index (χ0) is 18.5. The number of halogens is 1. The topological polar surface area (TPSA) is 54.3 Å². The second kappa shape index (κ2) is 9.05. The predicted octanol–water partition coefficient (Wildman–Crippen LogP) is 5.65. The summed E-state index contributed by atoms with van der Waals surface area (Å²) in [5, 5.41) is 13.9. The van der Waals surface area contributed by atoms with Gasteiger partial charge in [0.15, 0.2) is 0 Å². The van der Waals surface area contributed by atoms with Gasteiger partial charge in [0.25, 0.3) is 0 Å². The first-order chi connectivity index (χ1) is 12.6. The minimum atomic E-state index is 0.0132. The van der Waals surface area contributed by atoms with Crippen LogP contribution >= 0.6 is 15.9 Å². The van der Waals surface area contributed by atoms with Crippen LogP contribution in [-0.4, -0.2) is 22.2 Å². The molecule has 5 heteroatoms. The number of fused-ring (bicyclic) bond motifs is 1. The average molecular weight is 421 g/mol. The van der Waals surface area contributed by atoms with Crippen LogP contribution in [0, 0.1) is 5.92 Å². The van der Waals surface area contributed by atoms with E-state index in [2.05, 4.69) is 32.7 Å². The number of hydrogen-bond donors (Lipinski definition) is 2. The Morgan fingerprint density at radius 1 is 1.31 bits per heavy atom. The molecule has 1 aromatic carbocycles. The third-order valence-corrected chi connectivity index (χ3v) is 6.27. The summed E-state index contributed by atoms with van der Waals surface area (Å²) >= 11 is 3.63. The van der Waals surface area contributed by atoms with E-state index in [1.807, 2.05) is 24.4 Å². The summed E-state index contributed by atoms with van der Waals surface area (Å²) in [6.07, 6.45) is 10.9. The Morgan fingerprint density at radius 3 is 2.69 bits per heavy atom. The molecule has 0 saturated heterocycles. The van der Waals surface area contributed by atoms with E-state index in [4.69, 9.17) is 0 Å². The van der Waals surface area contributed by atoms with Crippen LogP contribution < -0.4 is 5.32 Å². The van der Waals surface area contributed by atoms with Crippen molar-refractivity contribution in [1.82, 2.24) is 4.57 Å². The molecule has 1 aromatic heterocycles. The molecule has 1 atom stereocenters. The fourth-order valence-electron chi connectivity index (χ4n) is 4.11. The van der Waals surface area contributed by atoms with Crippen molar-refractivity contribution in [1.29, 1.82) is 0 Å². The number of amides is 1. The molecular formula is C21H29BrN2O2. The van der Waals surface area contributed by atoms with Crippen LogP contribution in [0.5, 0.6) is 0 Å². The average Bonchev–Trinajstić information content (AvgIpc) is 2.80. The summed E-state index contributed by atoms with van der Waals surface area (Å²) in [5.74, 6) is 0.610. The van der Waals surface area contributed by atoms with E-state index in [1.54, 1.807) is 0 Å². The molecule has 0 aliphatic heterocycles. The van der Waals surface area contributed by atoms with Crippen molar-refractivity contribution in [2.75, 3.05) is 11.9 Å². The highest BCUT2D eigenvalue weighted by Crippen LogP contribution is 2.35. The normalized spacial score (nSPS) is 17.2. The quantitative estimate of drug-likeness (QED) is 0.593. The molecule has 3 rings (SSSR count). The van der Waals surface area contributed by atoms with Crippen LogP contribution in [0.3, 0.4) is 0 Å². The molecule has 0 spiro atoms. The molecule has 0 bridgehead atoms. The summed E-state index contributed by atoms with van der Waals surface area (Å²) in [6.45, 7) is 2.15. The maximum atomic E-state index is 12.7. The van der Waals surface area contributed by atoms with Crippen molar-refractivity contribution in [3.63, 3.8) is 0 Å². The summed E-state index contributed by atoms with van der Waals surface area (Å²) in [5.41, 5.74) is 1.86. The number of hydrogen-bond acceptors (Lipinski definition) is 2. The zero-order valence-corrected chi connectivity index (χ0v) is 17.1. The van der Waals surface area contributed by atoms with Crippen molar-refractivity contribution in [2.45, 2.75) is 64.3 Å². The van der Waals surface area contributed by atoms with Crippen LogP contribution in [0.4, 0.5) is 5.69 Å². The maximum absolute atomic E-state index is 12.7. The largest absolute Gasteiger partial charge is 0.394 e. The van der Waals surface area contributed by atoms with E-state index >= 15 is 0 Å². The zero-order valence-electron chi connectivity index (χ0n) is 15.5. The van der Waals surface area contributed by atoms with Crippen LogP contribution in [0.15, 0.2) is 28.9 Å². The standard InChI is InChI=1S/C21H29BrN2O2/c1-2-16(14-25)24-13-18(21-17(22)10-7-11-19(21)24)23-20(26)12-15-8-5-3-4-6-9-15/h7,10-11,13,15-16,25H,2-6,8-9,12,14H2,1H3,(H,23,26). The van der Waals surface area contributed by atoms with Gasteiger partial charge in [-0.05, 0) is 37.3 Å². The minimum Gasteiger partial charge on any atom is -0.394 e. The molecule has 4 nitrogen and oxygen atoms in total. The third kappa shape index (κ3) is 4.32. The number of nitrogens with one attached hydrogen (secondary N) is 1. The van der Waals surface area contributed by atoms with Gasteiger partial charge in [0.1, 0.15) is 0 Å². The Morgan fingerprint density at radius 2 is 2.04 bits per heavy atom. The summed E-state index contributed by atoms with van der Waals surface area (Å²) in [6, 6.07) is 6.04. The Labute approximate surface area is 164 Å². The first-order valence-corrected chi connectivity index (χ1v) is 10.6.